The van der Waals surface area contributed by atoms with Crippen molar-refractivity contribution < 1.29 is 18.7 Å². The van der Waals surface area contributed by atoms with Crippen molar-refractivity contribution in [3.8, 4) is 0 Å². The number of hydrogen-bond donors (Lipinski definition) is 0. The predicted octanol–water partition coefficient (Wildman–Crippen LogP) is 4.75. The molecule has 0 N–H and O–H groups in total. The molecule has 0 unspecified atom stereocenters. The lowest BCUT2D eigenvalue weighted by Gasteiger charge is -2.28. The van der Waals surface area contributed by atoms with E-state index in [2.05, 4.69) is 26.3 Å². The minimum Gasteiger partial charge on any atom is -0.469 e. The van der Waals surface area contributed by atoms with Gasteiger partial charge in [0.05, 0.1) is 18.7 Å². The molecule has 0 fully saturated rings. The quantitative estimate of drug-likeness (QED) is 0.459. The number of halogens is 2. The molecular formula is C25H26ClFN2O3. The van der Waals surface area contributed by atoms with E-state index < -0.39 is 5.82 Å². The summed E-state index contributed by atoms with van der Waals surface area (Å²) in [5, 5.41) is 1.34. The number of carbonyl (C=O) groups excluding carboxylic acids is 2. The van der Waals surface area contributed by atoms with Crippen molar-refractivity contribution in [1.29, 1.82) is 0 Å². The maximum absolute atomic E-state index is 13.6. The monoisotopic (exact) mass is 456 g/mol. The summed E-state index contributed by atoms with van der Waals surface area (Å²) in [5.41, 5.74) is 4.55. The van der Waals surface area contributed by atoms with E-state index in [0.717, 1.165) is 24.0 Å². The van der Waals surface area contributed by atoms with Crippen molar-refractivity contribution in [2.75, 3.05) is 20.2 Å². The summed E-state index contributed by atoms with van der Waals surface area (Å²) in [6.45, 7) is 2.43. The fourth-order valence-electron chi connectivity index (χ4n) is 4.45. The van der Waals surface area contributed by atoms with Gasteiger partial charge in [0.1, 0.15) is 11.6 Å². The molecule has 0 bridgehead atoms. The van der Waals surface area contributed by atoms with E-state index in [1.54, 1.807) is 12.1 Å². The third-order valence-electron chi connectivity index (χ3n) is 6.03. The summed E-state index contributed by atoms with van der Waals surface area (Å²) in [5.74, 6) is -0.581. The maximum atomic E-state index is 13.6. The number of Topliss-reactive ketones (excluding diaryl/α,β-unsaturated/α-hetero) is 1. The number of ether oxygens (including phenoxy) is 1. The lowest BCUT2D eigenvalue weighted by molar-refractivity contribution is -0.140. The molecule has 32 heavy (non-hydrogen) atoms. The van der Waals surface area contributed by atoms with Crippen molar-refractivity contribution in [2.24, 2.45) is 0 Å². The van der Waals surface area contributed by atoms with Crippen LogP contribution < -0.4 is 0 Å². The van der Waals surface area contributed by atoms with Crippen molar-refractivity contribution in [1.82, 2.24) is 9.47 Å². The molecule has 0 saturated heterocycles. The van der Waals surface area contributed by atoms with Crippen LogP contribution in [-0.4, -0.2) is 41.4 Å². The third-order valence-corrected chi connectivity index (χ3v) is 6.32. The van der Waals surface area contributed by atoms with Gasteiger partial charge in [0.2, 0.25) is 0 Å². The largest absolute Gasteiger partial charge is 0.469 e. The number of carbonyl (C=O) groups is 2. The number of benzene rings is 2. The number of rotatable bonds is 8. The van der Waals surface area contributed by atoms with Crippen LogP contribution in [-0.2, 0) is 33.8 Å². The fraction of sp³-hybridized carbons (Fsp3) is 0.360. The molecule has 1 aromatic heterocycles. The van der Waals surface area contributed by atoms with Gasteiger partial charge in [-0.1, -0.05) is 35.9 Å². The molecule has 1 aliphatic rings. The Morgan fingerprint density at radius 3 is 2.75 bits per heavy atom. The molecule has 0 radical (unpaired) electrons. The number of aromatic nitrogens is 1. The summed E-state index contributed by atoms with van der Waals surface area (Å²) in [4.78, 5) is 25.9. The molecule has 0 saturated carbocycles. The van der Waals surface area contributed by atoms with E-state index in [9.17, 15) is 14.0 Å². The Balaban J connectivity index is 1.53. The second kappa shape index (κ2) is 9.84. The van der Waals surface area contributed by atoms with Crippen LogP contribution in [0.15, 0.2) is 42.5 Å². The highest BCUT2D eigenvalue weighted by atomic mass is 35.5. The van der Waals surface area contributed by atoms with Crippen LogP contribution in [0.1, 0.15) is 36.1 Å². The van der Waals surface area contributed by atoms with Gasteiger partial charge in [-0.3, -0.25) is 14.5 Å². The second-order valence-corrected chi connectivity index (χ2v) is 8.61. The highest BCUT2D eigenvalue weighted by molar-refractivity contribution is 6.30. The van der Waals surface area contributed by atoms with Crippen molar-refractivity contribution in [3.05, 3.63) is 70.1 Å². The molecule has 0 spiro atoms. The Hall–Kier alpha value is -2.70. The van der Waals surface area contributed by atoms with E-state index >= 15 is 0 Å². The summed E-state index contributed by atoms with van der Waals surface area (Å²) in [7, 11) is 1.36. The lowest BCUT2D eigenvalue weighted by Crippen LogP contribution is -2.35. The van der Waals surface area contributed by atoms with Crippen LogP contribution in [0.5, 0.6) is 0 Å². The molecule has 2 aromatic carbocycles. The van der Waals surface area contributed by atoms with Gasteiger partial charge in [-0.2, -0.15) is 0 Å². The molecular weight excluding hydrogens is 431 g/mol. The van der Waals surface area contributed by atoms with Gasteiger partial charge in [0.15, 0.2) is 0 Å². The van der Waals surface area contributed by atoms with E-state index in [-0.39, 0.29) is 23.2 Å². The summed E-state index contributed by atoms with van der Waals surface area (Å²) in [6.07, 6.45) is 2.01. The van der Waals surface area contributed by atoms with E-state index in [1.807, 2.05) is 12.1 Å². The summed E-state index contributed by atoms with van der Waals surface area (Å²) in [6, 6.07) is 13.1. The average Bonchev–Trinajstić information content (AvgIpc) is 3.09. The molecule has 0 aliphatic carbocycles. The maximum Gasteiger partial charge on any atom is 0.305 e. The Kier molecular flexibility index (Phi) is 6.92. The van der Waals surface area contributed by atoms with Crippen LogP contribution in [0.2, 0.25) is 5.02 Å². The smallest absolute Gasteiger partial charge is 0.305 e. The van der Waals surface area contributed by atoms with Gasteiger partial charge < -0.3 is 9.30 Å². The van der Waals surface area contributed by atoms with Crippen LogP contribution in [0.4, 0.5) is 4.39 Å². The Morgan fingerprint density at radius 2 is 1.97 bits per heavy atom. The van der Waals surface area contributed by atoms with Gasteiger partial charge in [0.25, 0.3) is 0 Å². The number of methoxy groups -OCH3 is 1. The number of hydrogen-bond acceptors (Lipinski definition) is 4. The molecule has 168 valence electrons. The van der Waals surface area contributed by atoms with Gasteiger partial charge in [-0.15, -0.1) is 0 Å². The zero-order chi connectivity index (χ0) is 22.7. The minimum atomic E-state index is -0.424. The van der Waals surface area contributed by atoms with Crippen LogP contribution in [0, 0.1) is 5.82 Å². The topological polar surface area (TPSA) is 51.5 Å². The van der Waals surface area contributed by atoms with Gasteiger partial charge in [0, 0.05) is 49.1 Å². The molecule has 7 heteroatoms. The van der Waals surface area contributed by atoms with Crippen LogP contribution >= 0.6 is 11.6 Å². The molecule has 0 amide bonds. The van der Waals surface area contributed by atoms with Crippen LogP contribution in [0.25, 0.3) is 10.9 Å². The minimum absolute atomic E-state index is 0.118. The summed E-state index contributed by atoms with van der Waals surface area (Å²) >= 11 is 6.01. The number of fused-ring (bicyclic) bond motifs is 3. The first-order valence-corrected chi connectivity index (χ1v) is 11.2. The standard InChI is InChI=1S/C25H26ClFN2O3/c1-32-25(31)8-4-5-18(30)15-28-12-11-20-19-6-2-3-7-23(19)29(24(20)16-28)14-17-9-10-22(27)21(26)13-17/h2-3,6-7,9-10,13H,4-5,8,11-12,14-16H2,1H3. The molecule has 0 atom stereocenters. The number of para-hydroxylation sites is 1. The molecule has 5 nitrogen and oxygen atoms in total. The zero-order valence-electron chi connectivity index (χ0n) is 18.1. The highest BCUT2D eigenvalue weighted by Gasteiger charge is 2.25. The number of nitrogens with zero attached hydrogens (tertiary/aromatic N) is 2. The first kappa shape index (κ1) is 22.5. The first-order chi connectivity index (χ1) is 15.5. The highest BCUT2D eigenvalue weighted by Crippen LogP contribution is 2.32. The zero-order valence-corrected chi connectivity index (χ0v) is 18.8. The van der Waals surface area contributed by atoms with E-state index in [4.69, 9.17) is 11.6 Å². The van der Waals surface area contributed by atoms with Crippen molar-refractivity contribution in [2.45, 2.75) is 38.8 Å². The Morgan fingerprint density at radius 1 is 1.16 bits per heavy atom. The first-order valence-electron chi connectivity index (χ1n) is 10.8. The average molecular weight is 457 g/mol. The Bertz CT molecular complexity index is 1160. The Labute approximate surface area is 191 Å². The van der Waals surface area contributed by atoms with Gasteiger partial charge in [-0.25, -0.2) is 4.39 Å². The van der Waals surface area contributed by atoms with Crippen molar-refractivity contribution in [3.63, 3.8) is 0 Å². The SMILES string of the molecule is COC(=O)CCCC(=O)CN1CCc2c(n(Cc3ccc(F)c(Cl)c3)c3ccccc23)C1. The molecule has 3 aromatic rings. The summed E-state index contributed by atoms with van der Waals surface area (Å²) < 4.78 is 20.5. The number of esters is 1. The molecule has 4 rings (SSSR count). The van der Waals surface area contributed by atoms with E-state index in [1.165, 1.54) is 29.8 Å². The lowest BCUT2D eigenvalue weighted by atomic mass is 10.0. The fourth-order valence-corrected chi connectivity index (χ4v) is 4.65. The van der Waals surface area contributed by atoms with Gasteiger partial charge >= 0.3 is 5.97 Å². The van der Waals surface area contributed by atoms with Crippen molar-refractivity contribution >= 4 is 34.3 Å². The second-order valence-electron chi connectivity index (χ2n) is 8.21. The number of ketones is 1. The van der Waals surface area contributed by atoms with Crippen LogP contribution in [0.3, 0.4) is 0 Å². The van der Waals surface area contributed by atoms with Gasteiger partial charge in [-0.05, 0) is 42.2 Å². The molecule has 1 aliphatic heterocycles. The normalized spacial score (nSPS) is 13.8. The third kappa shape index (κ3) is 4.87. The van der Waals surface area contributed by atoms with E-state index in [0.29, 0.717) is 32.5 Å². The predicted molar refractivity (Wildman–Crippen MR) is 122 cm³/mol. The molecule has 2 heterocycles.